The van der Waals surface area contributed by atoms with Gasteiger partial charge in [-0.05, 0) is 47.9 Å². The third-order valence-electron chi connectivity index (χ3n) is 5.72. The Hall–Kier alpha value is -2.19. The van der Waals surface area contributed by atoms with Gasteiger partial charge in [0.1, 0.15) is 6.29 Å². The minimum atomic E-state index is 0.0933. The fourth-order valence-corrected chi connectivity index (χ4v) is 4.55. The second-order valence-corrected chi connectivity index (χ2v) is 6.94. The van der Waals surface area contributed by atoms with Gasteiger partial charge >= 0.3 is 0 Å². The smallest absolute Gasteiger partial charge is 0.133 e. The third kappa shape index (κ3) is 2.51. The summed E-state index contributed by atoms with van der Waals surface area (Å²) in [5.74, 6) is 0. The zero-order chi connectivity index (χ0) is 16.4. The maximum absolute atomic E-state index is 10.6. The molecule has 0 heterocycles. The number of hydrogen-bond acceptors (Lipinski definition) is 2. The monoisotopic (exact) mass is 317 g/mol. The van der Waals surface area contributed by atoms with Crippen LogP contribution >= 0.6 is 0 Å². The van der Waals surface area contributed by atoms with Crippen molar-refractivity contribution in [3.8, 4) is 0 Å². The van der Waals surface area contributed by atoms with E-state index in [0.717, 1.165) is 32.0 Å². The Morgan fingerprint density at radius 1 is 0.917 bits per heavy atom. The molecule has 4 rings (SSSR count). The molecule has 0 aliphatic heterocycles. The Balaban J connectivity index is 1.77. The number of carbonyl (C=O) groups is 1. The van der Waals surface area contributed by atoms with Crippen LogP contribution in [0.15, 0.2) is 48.5 Å². The molecule has 1 fully saturated rings. The SMILES string of the molecule is O=CCNC1CCC2(CC1)c1ccccc1C=Cc1ccccc12. The van der Waals surface area contributed by atoms with Gasteiger partial charge < -0.3 is 10.1 Å². The molecule has 0 unspecified atom stereocenters. The van der Waals surface area contributed by atoms with E-state index >= 15 is 0 Å². The number of hydrogen-bond donors (Lipinski definition) is 1. The molecule has 1 saturated carbocycles. The molecule has 2 aromatic rings. The maximum Gasteiger partial charge on any atom is 0.133 e. The van der Waals surface area contributed by atoms with Crippen LogP contribution in [0.1, 0.15) is 47.9 Å². The first-order valence-corrected chi connectivity index (χ1v) is 8.88. The van der Waals surface area contributed by atoms with E-state index in [1.165, 1.54) is 22.3 Å². The Morgan fingerprint density at radius 2 is 1.46 bits per heavy atom. The summed E-state index contributed by atoms with van der Waals surface area (Å²) in [6, 6.07) is 18.1. The van der Waals surface area contributed by atoms with Crippen molar-refractivity contribution in [3.63, 3.8) is 0 Å². The van der Waals surface area contributed by atoms with E-state index in [1.807, 2.05) is 0 Å². The van der Waals surface area contributed by atoms with E-state index in [-0.39, 0.29) is 5.41 Å². The minimum absolute atomic E-state index is 0.0933. The van der Waals surface area contributed by atoms with Gasteiger partial charge in [-0.25, -0.2) is 0 Å². The van der Waals surface area contributed by atoms with E-state index in [4.69, 9.17) is 0 Å². The summed E-state index contributed by atoms with van der Waals surface area (Å²) in [7, 11) is 0. The van der Waals surface area contributed by atoms with Gasteiger partial charge in [-0.2, -0.15) is 0 Å². The quantitative estimate of drug-likeness (QED) is 0.860. The Labute approximate surface area is 143 Å². The van der Waals surface area contributed by atoms with Gasteiger partial charge in [-0.3, -0.25) is 0 Å². The van der Waals surface area contributed by atoms with Gasteiger partial charge in [0.25, 0.3) is 0 Å². The maximum atomic E-state index is 10.6. The minimum Gasteiger partial charge on any atom is -0.307 e. The Morgan fingerprint density at radius 3 is 2.00 bits per heavy atom. The van der Waals surface area contributed by atoms with Crippen molar-refractivity contribution in [3.05, 3.63) is 70.8 Å². The second kappa shape index (κ2) is 6.37. The van der Waals surface area contributed by atoms with Gasteiger partial charge in [-0.1, -0.05) is 60.7 Å². The highest BCUT2D eigenvalue weighted by Gasteiger charge is 2.41. The van der Waals surface area contributed by atoms with Gasteiger partial charge in [0, 0.05) is 11.5 Å². The molecule has 24 heavy (non-hydrogen) atoms. The average Bonchev–Trinajstić information content (AvgIpc) is 2.78. The highest BCUT2D eigenvalue weighted by Crippen LogP contribution is 2.49. The lowest BCUT2D eigenvalue weighted by Gasteiger charge is -2.42. The lowest BCUT2D eigenvalue weighted by Crippen LogP contribution is -2.41. The molecular weight excluding hydrogens is 294 g/mol. The number of nitrogens with one attached hydrogen (secondary N) is 1. The second-order valence-electron chi connectivity index (χ2n) is 6.94. The highest BCUT2D eigenvalue weighted by molar-refractivity contribution is 5.77. The van der Waals surface area contributed by atoms with E-state index in [9.17, 15) is 4.79 Å². The number of carbonyl (C=O) groups excluding carboxylic acids is 1. The zero-order valence-electron chi connectivity index (χ0n) is 13.9. The molecule has 0 atom stereocenters. The first kappa shape index (κ1) is 15.3. The van der Waals surface area contributed by atoms with Crippen molar-refractivity contribution in [1.82, 2.24) is 5.32 Å². The molecule has 0 amide bonds. The summed E-state index contributed by atoms with van der Waals surface area (Å²) in [6.07, 6.45) is 9.95. The molecule has 122 valence electrons. The Bertz CT molecular complexity index is 718. The average molecular weight is 317 g/mol. The van der Waals surface area contributed by atoms with Crippen LogP contribution in [0, 0.1) is 0 Å². The van der Waals surface area contributed by atoms with E-state index < -0.39 is 0 Å². The molecule has 2 aliphatic rings. The topological polar surface area (TPSA) is 29.1 Å². The van der Waals surface area contributed by atoms with Crippen LogP contribution < -0.4 is 5.32 Å². The molecule has 2 aliphatic carbocycles. The summed E-state index contributed by atoms with van der Waals surface area (Å²) >= 11 is 0. The predicted octanol–water partition coefficient (Wildman–Crippen LogP) is 4.19. The highest BCUT2D eigenvalue weighted by atomic mass is 16.1. The van der Waals surface area contributed by atoms with Crippen molar-refractivity contribution in [2.75, 3.05) is 6.54 Å². The van der Waals surface area contributed by atoms with Crippen LogP contribution in [0.25, 0.3) is 12.2 Å². The van der Waals surface area contributed by atoms with Gasteiger partial charge in [0.2, 0.25) is 0 Å². The van der Waals surface area contributed by atoms with Crippen LogP contribution in [-0.4, -0.2) is 18.9 Å². The van der Waals surface area contributed by atoms with Gasteiger partial charge in [0.05, 0.1) is 6.54 Å². The summed E-state index contributed by atoms with van der Waals surface area (Å²) in [4.78, 5) is 10.6. The molecule has 2 aromatic carbocycles. The van der Waals surface area contributed by atoms with E-state index in [2.05, 4.69) is 66.0 Å². The molecule has 0 bridgehead atoms. The van der Waals surface area contributed by atoms with Crippen LogP contribution in [0.4, 0.5) is 0 Å². The number of aldehydes is 1. The van der Waals surface area contributed by atoms with Crippen LogP contribution in [0.5, 0.6) is 0 Å². The summed E-state index contributed by atoms with van der Waals surface area (Å²) in [5.41, 5.74) is 5.69. The third-order valence-corrected chi connectivity index (χ3v) is 5.72. The first-order valence-electron chi connectivity index (χ1n) is 8.88. The molecule has 0 aromatic heterocycles. The fourth-order valence-electron chi connectivity index (χ4n) is 4.55. The van der Waals surface area contributed by atoms with Crippen molar-refractivity contribution < 1.29 is 4.79 Å². The normalized spacial score (nSPS) is 18.7. The number of benzene rings is 2. The Kier molecular flexibility index (Phi) is 4.07. The van der Waals surface area contributed by atoms with Crippen LogP contribution in [0.2, 0.25) is 0 Å². The van der Waals surface area contributed by atoms with Crippen molar-refractivity contribution in [2.24, 2.45) is 0 Å². The van der Waals surface area contributed by atoms with Crippen molar-refractivity contribution in [1.29, 1.82) is 0 Å². The molecule has 1 N–H and O–H groups in total. The molecule has 2 nitrogen and oxygen atoms in total. The molecule has 1 spiro atoms. The van der Waals surface area contributed by atoms with E-state index in [0.29, 0.717) is 12.6 Å². The van der Waals surface area contributed by atoms with Gasteiger partial charge in [0.15, 0.2) is 0 Å². The van der Waals surface area contributed by atoms with Crippen molar-refractivity contribution >= 4 is 18.4 Å². The summed E-state index contributed by atoms with van der Waals surface area (Å²) in [6.45, 7) is 0.465. The standard InChI is InChI=1S/C22H23NO/c24-16-15-23-19-11-13-22(14-12-19)20-7-3-1-5-17(20)9-10-18-6-2-4-8-21(18)22/h1-10,16,19,23H,11-15H2. The lowest BCUT2D eigenvalue weighted by molar-refractivity contribution is -0.107. The number of fused-ring (bicyclic) bond motifs is 4. The lowest BCUT2D eigenvalue weighted by atomic mass is 9.63. The molecule has 0 radical (unpaired) electrons. The van der Waals surface area contributed by atoms with Crippen LogP contribution in [0.3, 0.4) is 0 Å². The van der Waals surface area contributed by atoms with Crippen molar-refractivity contribution in [2.45, 2.75) is 37.1 Å². The zero-order valence-corrected chi connectivity index (χ0v) is 13.9. The largest absolute Gasteiger partial charge is 0.307 e. The number of rotatable bonds is 3. The molecule has 0 saturated heterocycles. The molecule has 2 heteroatoms. The van der Waals surface area contributed by atoms with E-state index in [1.54, 1.807) is 0 Å². The first-order chi connectivity index (χ1) is 11.8. The van der Waals surface area contributed by atoms with Gasteiger partial charge in [-0.15, -0.1) is 0 Å². The summed E-state index contributed by atoms with van der Waals surface area (Å²) in [5, 5.41) is 3.37. The molecular formula is C22H23NO. The fraction of sp³-hybridized carbons (Fsp3) is 0.318. The van der Waals surface area contributed by atoms with Crippen LogP contribution in [-0.2, 0) is 10.2 Å². The predicted molar refractivity (Wildman–Crippen MR) is 98.9 cm³/mol. The summed E-state index contributed by atoms with van der Waals surface area (Å²) < 4.78 is 0.